The molecule has 0 radical (unpaired) electrons. The molecule has 0 spiro atoms. The first kappa shape index (κ1) is 24.9. The molecule has 2 amide bonds. The van der Waals surface area contributed by atoms with Crippen LogP contribution in [0.4, 0.5) is 17.3 Å². The zero-order valence-corrected chi connectivity index (χ0v) is 22.6. The summed E-state index contributed by atoms with van der Waals surface area (Å²) >= 11 is 14.2. The molecular weight excluding hydrogens is 517 g/mol. The monoisotopic (exact) mass is 541 g/mol. The normalized spacial score (nSPS) is 18.5. The third kappa shape index (κ3) is 4.21. The molecule has 2 aliphatic rings. The van der Waals surface area contributed by atoms with Crippen molar-refractivity contribution in [1.29, 1.82) is 0 Å². The lowest BCUT2D eigenvalue weighted by molar-refractivity contribution is -0.135. The molecule has 2 aromatic carbocycles. The molecule has 3 heterocycles. The number of fused-ring (bicyclic) bond motifs is 2. The van der Waals surface area contributed by atoms with Crippen molar-refractivity contribution in [3.8, 4) is 0 Å². The highest BCUT2D eigenvalue weighted by Crippen LogP contribution is 2.43. The first-order valence-corrected chi connectivity index (χ1v) is 13.2. The molecule has 0 bridgehead atoms. The van der Waals surface area contributed by atoms with Gasteiger partial charge in [-0.3, -0.25) is 14.5 Å². The molecule has 0 saturated heterocycles. The van der Waals surface area contributed by atoms with Crippen LogP contribution in [0.15, 0.2) is 47.6 Å². The molecule has 2 aliphatic heterocycles. The lowest BCUT2D eigenvalue weighted by Gasteiger charge is -2.43. The van der Waals surface area contributed by atoms with Crippen LogP contribution < -0.4 is 10.2 Å². The van der Waals surface area contributed by atoms with Gasteiger partial charge in [0.15, 0.2) is 0 Å². The van der Waals surface area contributed by atoms with E-state index in [-0.39, 0.29) is 22.7 Å². The first-order chi connectivity index (χ1) is 17.1. The fourth-order valence-corrected chi connectivity index (χ4v) is 6.60. The Bertz CT molecular complexity index is 1380. The van der Waals surface area contributed by atoms with Gasteiger partial charge in [-0.15, -0.1) is 0 Å². The van der Waals surface area contributed by atoms with Crippen LogP contribution in [0.2, 0.25) is 10.0 Å². The lowest BCUT2D eigenvalue weighted by Crippen LogP contribution is -2.49. The maximum Gasteiger partial charge on any atom is 0.263 e. The summed E-state index contributed by atoms with van der Waals surface area (Å²) < 4.78 is 0. The number of anilines is 3. The lowest BCUT2D eigenvalue weighted by atomic mass is 9.83. The number of benzene rings is 2. The number of nitrogens with zero attached hydrogens (tertiary/aromatic N) is 4. The van der Waals surface area contributed by atoms with Crippen molar-refractivity contribution in [3.63, 3.8) is 0 Å². The molecule has 7 nitrogen and oxygen atoms in total. The predicted molar refractivity (Wildman–Crippen MR) is 144 cm³/mol. The van der Waals surface area contributed by atoms with Crippen molar-refractivity contribution in [2.45, 2.75) is 50.1 Å². The topological polar surface area (TPSA) is 78.4 Å². The van der Waals surface area contributed by atoms with Gasteiger partial charge in [-0.25, -0.2) is 9.97 Å². The maximum atomic E-state index is 13.4. The van der Waals surface area contributed by atoms with Crippen LogP contribution in [0, 0.1) is 0 Å². The number of thioether (sulfide) groups is 1. The minimum absolute atomic E-state index is 0.0759. The number of carbonyl (C=O) groups is 2. The van der Waals surface area contributed by atoms with Crippen molar-refractivity contribution < 1.29 is 9.59 Å². The standard InChI is InChI=1S/C26H25Cl2N5O2S/c1-14(34)32-11-10-16-12-17(8-9-19(16)26(32,3)4)30-25-29-13-18-23(31-25)36-15(2)33(24(18)35)22-20(27)6-5-7-21(22)28/h5-9,12-13,15H,10-11H2,1-4H3,(H,29,30,31). The third-order valence-corrected chi connectivity index (χ3v) is 8.40. The van der Waals surface area contributed by atoms with Crippen LogP contribution in [0.1, 0.15) is 49.2 Å². The second kappa shape index (κ2) is 9.25. The van der Waals surface area contributed by atoms with Crippen molar-refractivity contribution >= 4 is 64.1 Å². The molecule has 1 unspecified atom stereocenters. The highest BCUT2D eigenvalue weighted by atomic mass is 35.5. The molecular formula is C26H25Cl2N5O2S. The SMILES string of the molecule is CC(=O)N1CCc2cc(Nc3ncc4c(n3)SC(C)N(c3c(Cl)cccc3Cl)C4=O)ccc2C1(C)C. The Balaban J connectivity index is 1.41. The minimum Gasteiger partial charge on any atom is -0.333 e. The van der Waals surface area contributed by atoms with E-state index in [0.717, 1.165) is 17.7 Å². The molecule has 1 N–H and O–H groups in total. The Morgan fingerprint density at radius 1 is 1.19 bits per heavy atom. The maximum absolute atomic E-state index is 13.4. The summed E-state index contributed by atoms with van der Waals surface area (Å²) in [4.78, 5) is 38.0. The van der Waals surface area contributed by atoms with Gasteiger partial charge in [-0.1, -0.05) is 47.1 Å². The molecule has 1 aromatic heterocycles. The van der Waals surface area contributed by atoms with E-state index in [1.165, 1.54) is 23.5 Å². The second-order valence-electron chi connectivity index (χ2n) is 9.35. The van der Waals surface area contributed by atoms with Gasteiger partial charge >= 0.3 is 0 Å². The zero-order valence-electron chi connectivity index (χ0n) is 20.3. The Kier molecular flexibility index (Phi) is 6.39. The van der Waals surface area contributed by atoms with Crippen LogP contribution in [0.3, 0.4) is 0 Å². The third-order valence-electron chi connectivity index (χ3n) is 6.71. The first-order valence-electron chi connectivity index (χ1n) is 11.6. The van der Waals surface area contributed by atoms with Gasteiger partial charge in [0.25, 0.3) is 5.91 Å². The van der Waals surface area contributed by atoms with E-state index >= 15 is 0 Å². The average molecular weight is 542 g/mol. The van der Waals surface area contributed by atoms with Crippen LogP contribution in [0.5, 0.6) is 0 Å². The second-order valence-corrected chi connectivity index (χ2v) is 11.5. The Hall–Kier alpha value is -2.81. The summed E-state index contributed by atoms with van der Waals surface area (Å²) in [5.74, 6) is 0.238. The van der Waals surface area contributed by atoms with E-state index in [1.807, 2.05) is 17.9 Å². The minimum atomic E-state index is -0.371. The van der Waals surface area contributed by atoms with Crippen LogP contribution in [0.25, 0.3) is 0 Å². The predicted octanol–water partition coefficient (Wildman–Crippen LogP) is 6.27. The summed E-state index contributed by atoms with van der Waals surface area (Å²) in [6, 6.07) is 11.3. The van der Waals surface area contributed by atoms with Crippen LogP contribution in [-0.4, -0.2) is 38.6 Å². The molecule has 5 rings (SSSR count). The summed E-state index contributed by atoms with van der Waals surface area (Å²) in [5, 5.41) is 4.43. The van der Waals surface area contributed by atoms with Crippen LogP contribution >= 0.6 is 35.0 Å². The van der Waals surface area contributed by atoms with Crippen molar-refractivity contribution in [1.82, 2.24) is 14.9 Å². The number of amides is 2. The Morgan fingerprint density at radius 3 is 2.61 bits per heavy atom. The van der Waals surface area contributed by atoms with E-state index in [9.17, 15) is 9.59 Å². The summed E-state index contributed by atoms with van der Waals surface area (Å²) in [5.41, 5.74) is 3.68. The smallest absolute Gasteiger partial charge is 0.263 e. The molecule has 0 fully saturated rings. The number of aromatic nitrogens is 2. The van der Waals surface area contributed by atoms with E-state index in [0.29, 0.717) is 38.8 Å². The number of halogens is 2. The van der Waals surface area contributed by atoms with Crippen molar-refractivity contribution in [3.05, 3.63) is 69.3 Å². The molecule has 186 valence electrons. The van der Waals surface area contributed by atoms with E-state index in [1.54, 1.807) is 30.0 Å². The number of nitrogens with one attached hydrogen (secondary N) is 1. The van der Waals surface area contributed by atoms with E-state index in [4.69, 9.17) is 23.2 Å². The van der Waals surface area contributed by atoms with Gasteiger partial charge in [-0.05, 0) is 62.6 Å². The van der Waals surface area contributed by atoms with Gasteiger partial charge in [-0.2, -0.15) is 0 Å². The number of para-hydroxylation sites is 1. The van der Waals surface area contributed by atoms with Gasteiger partial charge in [0.1, 0.15) is 5.03 Å². The molecule has 0 saturated carbocycles. The largest absolute Gasteiger partial charge is 0.333 e. The highest BCUT2D eigenvalue weighted by Gasteiger charge is 2.37. The van der Waals surface area contributed by atoms with Crippen molar-refractivity contribution in [2.75, 3.05) is 16.8 Å². The van der Waals surface area contributed by atoms with Gasteiger partial charge in [0, 0.05) is 25.4 Å². The number of hydrogen-bond acceptors (Lipinski definition) is 6. The number of carbonyl (C=O) groups excluding carboxylic acids is 2. The van der Waals surface area contributed by atoms with Gasteiger partial charge < -0.3 is 10.2 Å². The van der Waals surface area contributed by atoms with E-state index < -0.39 is 0 Å². The molecule has 3 aromatic rings. The van der Waals surface area contributed by atoms with Gasteiger partial charge in [0.2, 0.25) is 11.9 Å². The van der Waals surface area contributed by atoms with Gasteiger partial charge in [0.05, 0.1) is 32.2 Å². The number of rotatable bonds is 3. The van der Waals surface area contributed by atoms with E-state index in [2.05, 4.69) is 41.3 Å². The average Bonchev–Trinajstić information content (AvgIpc) is 2.80. The Labute approximate surface area is 224 Å². The number of hydrogen-bond donors (Lipinski definition) is 1. The summed E-state index contributed by atoms with van der Waals surface area (Å²) in [6.07, 6.45) is 2.32. The molecule has 36 heavy (non-hydrogen) atoms. The molecule has 10 heteroatoms. The fraction of sp³-hybridized carbons (Fsp3) is 0.308. The molecule has 1 atom stereocenters. The highest BCUT2D eigenvalue weighted by molar-refractivity contribution is 8.00. The summed E-state index contributed by atoms with van der Waals surface area (Å²) in [7, 11) is 0. The summed E-state index contributed by atoms with van der Waals surface area (Å²) in [6.45, 7) is 8.34. The fourth-order valence-electron chi connectivity index (χ4n) is 4.99. The van der Waals surface area contributed by atoms with Crippen molar-refractivity contribution in [2.24, 2.45) is 0 Å². The molecule has 0 aliphatic carbocycles. The van der Waals surface area contributed by atoms with Crippen LogP contribution in [-0.2, 0) is 16.8 Å². The zero-order chi connectivity index (χ0) is 25.8. The quantitative estimate of drug-likeness (QED) is 0.394. The Morgan fingerprint density at radius 2 is 1.92 bits per heavy atom.